The van der Waals surface area contributed by atoms with Gasteiger partial charge in [-0.05, 0) is 18.6 Å². The maximum absolute atomic E-state index is 6.16. The molecule has 3 rings (SSSR count). The molecule has 2 aromatic carbocycles. The van der Waals surface area contributed by atoms with E-state index < -0.39 is 0 Å². The van der Waals surface area contributed by atoms with Crippen molar-refractivity contribution >= 4 is 0 Å². The van der Waals surface area contributed by atoms with Crippen molar-refractivity contribution in [3.63, 3.8) is 0 Å². The van der Waals surface area contributed by atoms with E-state index in [4.69, 9.17) is 14.2 Å². The number of nitrogens with zero attached hydrogens (tertiary/aromatic N) is 1. The molecule has 0 unspecified atom stereocenters. The minimum Gasteiger partial charge on any atom is -0.490 e. The number of hydrogen-bond donors (Lipinski definition) is 1. The van der Waals surface area contributed by atoms with E-state index in [0.29, 0.717) is 13.2 Å². The van der Waals surface area contributed by atoms with Gasteiger partial charge in [0.25, 0.3) is 0 Å². The molecule has 5 heteroatoms. The molecule has 1 aliphatic rings. The molecule has 2 aromatic rings. The van der Waals surface area contributed by atoms with E-state index in [-0.39, 0.29) is 0 Å². The minimum absolute atomic E-state index is 0.533. The number of ether oxygens (including phenoxy) is 3. The normalized spacial score (nSPS) is 14.9. The van der Waals surface area contributed by atoms with Gasteiger partial charge in [0.05, 0.1) is 19.8 Å². The molecule has 0 atom stereocenters. The summed E-state index contributed by atoms with van der Waals surface area (Å²) in [7, 11) is 0. The van der Waals surface area contributed by atoms with E-state index in [1.54, 1.807) is 0 Å². The Balaban J connectivity index is 1.58. The largest absolute Gasteiger partial charge is 0.490 e. The van der Waals surface area contributed by atoms with Crippen molar-refractivity contribution in [1.29, 1.82) is 0 Å². The van der Waals surface area contributed by atoms with Crippen molar-refractivity contribution < 1.29 is 14.2 Å². The zero-order valence-electron chi connectivity index (χ0n) is 16.2. The summed E-state index contributed by atoms with van der Waals surface area (Å²) in [6.45, 7) is 9.61. The van der Waals surface area contributed by atoms with Crippen LogP contribution in [0, 0.1) is 0 Å². The lowest BCUT2D eigenvalue weighted by atomic mass is 10.1. The maximum atomic E-state index is 6.16. The molecule has 0 amide bonds. The summed E-state index contributed by atoms with van der Waals surface area (Å²) in [6.07, 6.45) is 0. The number of para-hydroxylation sites is 1. The van der Waals surface area contributed by atoms with Crippen LogP contribution in [0.25, 0.3) is 0 Å². The SMILES string of the molecule is CCOc1cccc(CNCCN2CCOCC2)c1OCc1ccccc1. The van der Waals surface area contributed by atoms with Gasteiger partial charge in [-0.1, -0.05) is 42.5 Å². The second kappa shape index (κ2) is 10.9. The maximum Gasteiger partial charge on any atom is 0.166 e. The molecule has 0 bridgehead atoms. The van der Waals surface area contributed by atoms with Crippen LogP contribution < -0.4 is 14.8 Å². The lowest BCUT2D eigenvalue weighted by Crippen LogP contribution is -2.40. The summed E-state index contributed by atoms with van der Waals surface area (Å²) in [4.78, 5) is 2.43. The average molecular weight is 370 g/mol. The number of rotatable bonds is 10. The Kier molecular flexibility index (Phi) is 7.96. The monoisotopic (exact) mass is 370 g/mol. The zero-order valence-corrected chi connectivity index (χ0v) is 16.2. The third-order valence-corrected chi connectivity index (χ3v) is 4.61. The smallest absolute Gasteiger partial charge is 0.166 e. The Bertz CT molecular complexity index is 673. The van der Waals surface area contributed by atoms with Crippen LogP contribution in [-0.4, -0.2) is 50.9 Å². The summed E-state index contributed by atoms with van der Waals surface area (Å²) in [5.41, 5.74) is 2.27. The molecule has 0 aliphatic carbocycles. The van der Waals surface area contributed by atoms with Gasteiger partial charge in [-0.25, -0.2) is 0 Å². The predicted octanol–water partition coefficient (Wildman–Crippen LogP) is 3.09. The number of morpholine rings is 1. The van der Waals surface area contributed by atoms with E-state index in [0.717, 1.165) is 68.6 Å². The first-order valence-electron chi connectivity index (χ1n) is 9.79. The first-order valence-corrected chi connectivity index (χ1v) is 9.79. The quantitative estimate of drug-likeness (QED) is 0.651. The van der Waals surface area contributed by atoms with Crippen molar-refractivity contribution in [3.05, 3.63) is 59.7 Å². The predicted molar refractivity (Wildman–Crippen MR) is 107 cm³/mol. The van der Waals surface area contributed by atoms with Crippen LogP contribution in [0.2, 0.25) is 0 Å². The van der Waals surface area contributed by atoms with Crippen LogP contribution >= 0.6 is 0 Å². The molecule has 0 radical (unpaired) electrons. The topological polar surface area (TPSA) is 43.0 Å². The van der Waals surface area contributed by atoms with E-state index in [9.17, 15) is 0 Å². The molecule has 1 saturated heterocycles. The van der Waals surface area contributed by atoms with Gasteiger partial charge in [-0.2, -0.15) is 0 Å². The van der Waals surface area contributed by atoms with Crippen molar-refractivity contribution in [2.75, 3.05) is 46.0 Å². The van der Waals surface area contributed by atoms with Gasteiger partial charge in [-0.15, -0.1) is 0 Å². The van der Waals surface area contributed by atoms with E-state index in [1.807, 2.05) is 37.3 Å². The highest BCUT2D eigenvalue weighted by molar-refractivity contribution is 5.46. The Hall–Kier alpha value is -2.08. The van der Waals surface area contributed by atoms with Gasteiger partial charge in [0, 0.05) is 38.3 Å². The van der Waals surface area contributed by atoms with Gasteiger partial charge in [0.1, 0.15) is 6.61 Å². The highest BCUT2D eigenvalue weighted by Crippen LogP contribution is 2.32. The Morgan fingerprint density at radius 1 is 1.00 bits per heavy atom. The third kappa shape index (κ3) is 6.24. The van der Waals surface area contributed by atoms with Crippen molar-refractivity contribution in [3.8, 4) is 11.5 Å². The summed E-state index contributed by atoms with van der Waals surface area (Å²) >= 11 is 0. The molecular weight excluding hydrogens is 340 g/mol. The van der Waals surface area contributed by atoms with Gasteiger partial charge >= 0.3 is 0 Å². The molecule has 5 nitrogen and oxygen atoms in total. The highest BCUT2D eigenvalue weighted by Gasteiger charge is 2.12. The van der Waals surface area contributed by atoms with Crippen LogP contribution in [0.15, 0.2) is 48.5 Å². The van der Waals surface area contributed by atoms with Crippen LogP contribution in [0.4, 0.5) is 0 Å². The van der Waals surface area contributed by atoms with Crippen molar-refractivity contribution in [2.45, 2.75) is 20.1 Å². The van der Waals surface area contributed by atoms with Gasteiger partial charge in [0.15, 0.2) is 11.5 Å². The van der Waals surface area contributed by atoms with Crippen molar-refractivity contribution in [2.24, 2.45) is 0 Å². The molecular formula is C22H30N2O3. The average Bonchev–Trinajstić information content (AvgIpc) is 2.72. The lowest BCUT2D eigenvalue weighted by molar-refractivity contribution is 0.0384. The van der Waals surface area contributed by atoms with E-state index >= 15 is 0 Å². The minimum atomic E-state index is 0.533. The zero-order chi connectivity index (χ0) is 18.7. The number of hydrogen-bond acceptors (Lipinski definition) is 5. The molecule has 1 aliphatic heterocycles. The van der Waals surface area contributed by atoms with Crippen LogP contribution in [0.1, 0.15) is 18.1 Å². The third-order valence-electron chi connectivity index (χ3n) is 4.61. The Morgan fingerprint density at radius 2 is 1.81 bits per heavy atom. The molecule has 1 N–H and O–H groups in total. The summed E-state index contributed by atoms with van der Waals surface area (Å²) in [5, 5.41) is 3.54. The van der Waals surface area contributed by atoms with Crippen LogP contribution in [-0.2, 0) is 17.9 Å². The summed E-state index contributed by atoms with van der Waals surface area (Å²) in [6, 6.07) is 16.3. The van der Waals surface area contributed by atoms with E-state index in [2.05, 4.69) is 28.4 Å². The highest BCUT2D eigenvalue weighted by atomic mass is 16.5. The molecule has 1 fully saturated rings. The van der Waals surface area contributed by atoms with Gasteiger partial charge in [0.2, 0.25) is 0 Å². The van der Waals surface area contributed by atoms with E-state index in [1.165, 1.54) is 0 Å². The Labute approximate surface area is 162 Å². The standard InChI is InChI=1S/C22H30N2O3/c1-2-26-21-10-6-9-20(17-23-11-12-24-13-15-25-16-14-24)22(21)27-18-19-7-4-3-5-8-19/h3-10,23H,2,11-18H2,1H3. The molecule has 27 heavy (non-hydrogen) atoms. The molecule has 0 aromatic heterocycles. The van der Waals surface area contributed by atoms with Crippen LogP contribution in [0.3, 0.4) is 0 Å². The van der Waals surface area contributed by atoms with Crippen LogP contribution in [0.5, 0.6) is 11.5 Å². The van der Waals surface area contributed by atoms with Gasteiger partial charge < -0.3 is 19.5 Å². The summed E-state index contributed by atoms with van der Waals surface area (Å²) < 4.78 is 17.4. The molecule has 146 valence electrons. The second-order valence-electron chi connectivity index (χ2n) is 6.58. The first kappa shape index (κ1) is 19.7. The lowest BCUT2D eigenvalue weighted by Gasteiger charge is -2.26. The molecule has 0 spiro atoms. The summed E-state index contributed by atoms with van der Waals surface area (Å²) in [5.74, 6) is 1.64. The number of benzene rings is 2. The van der Waals surface area contributed by atoms with Crippen molar-refractivity contribution in [1.82, 2.24) is 10.2 Å². The first-order chi connectivity index (χ1) is 13.4. The fourth-order valence-corrected chi connectivity index (χ4v) is 3.15. The molecule has 0 saturated carbocycles. The number of nitrogens with one attached hydrogen (secondary N) is 1. The van der Waals surface area contributed by atoms with Gasteiger partial charge in [-0.3, -0.25) is 4.90 Å². The Morgan fingerprint density at radius 3 is 2.59 bits per heavy atom. The molecule has 1 heterocycles. The second-order valence-corrected chi connectivity index (χ2v) is 6.58. The fourth-order valence-electron chi connectivity index (χ4n) is 3.15. The fraction of sp³-hybridized carbons (Fsp3) is 0.455.